The topological polar surface area (TPSA) is 46.1 Å². The molecule has 5 rings (SSSR count). The van der Waals surface area contributed by atoms with Gasteiger partial charge in [0, 0.05) is 18.7 Å². The molecule has 0 bridgehead atoms. The van der Waals surface area contributed by atoms with E-state index in [4.69, 9.17) is 4.98 Å². The molecule has 0 amide bonds. The molecule has 1 atom stereocenters. The van der Waals surface area contributed by atoms with Gasteiger partial charge in [-0.3, -0.25) is 4.79 Å². The summed E-state index contributed by atoms with van der Waals surface area (Å²) < 4.78 is 13.3. The lowest BCUT2D eigenvalue weighted by atomic mass is 9.81. The maximum absolute atomic E-state index is 13.3. The second-order valence-electron chi connectivity index (χ2n) is 7.54. The first-order valence-corrected chi connectivity index (χ1v) is 9.62. The van der Waals surface area contributed by atoms with Crippen LogP contribution in [-0.4, -0.2) is 22.3 Å². The predicted molar refractivity (Wildman–Crippen MR) is 106 cm³/mol. The first-order chi connectivity index (χ1) is 13.6. The minimum Gasteiger partial charge on any atom is -0.310 e. The van der Waals surface area contributed by atoms with Crippen molar-refractivity contribution < 1.29 is 9.18 Å². The molecule has 2 aliphatic rings. The number of aromatic nitrogens is 2. The Hall–Kier alpha value is -3.08. The molecule has 2 heterocycles. The second kappa shape index (κ2) is 6.51. The zero-order chi connectivity index (χ0) is 19.3. The third-order valence-electron chi connectivity index (χ3n) is 5.77. The number of fused-ring (bicyclic) bond motifs is 2. The van der Waals surface area contributed by atoms with E-state index in [9.17, 15) is 9.18 Å². The lowest BCUT2D eigenvalue weighted by molar-refractivity contribution is 0.0962. The summed E-state index contributed by atoms with van der Waals surface area (Å²) in [5, 5.41) is 0. The summed E-state index contributed by atoms with van der Waals surface area (Å²) in [6.07, 6.45) is 2.04. The van der Waals surface area contributed by atoms with Gasteiger partial charge in [0.1, 0.15) is 5.82 Å². The van der Waals surface area contributed by atoms with E-state index in [2.05, 4.69) is 22.0 Å². The molecule has 0 fully saturated rings. The van der Waals surface area contributed by atoms with Gasteiger partial charge in [-0.15, -0.1) is 0 Å². The van der Waals surface area contributed by atoms with Crippen LogP contribution in [0.2, 0.25) is 0 Å². The van der Waals surface area contributed by atoms with Crippen molar-refractivity contribution in [2.45, 2.75) is 32.1 Å². The van der Waals surface area contributed by atoms with Crippen molar-refractivity contribution in [3.05, 3.63) is 82.4 Å². The number of ketones is 1. The molecule has 0 radical (unpaired) electrons. The molecule has 0 spiro atoms. The molecular weight excluding hydrogens is 353 g/mol. The predicted octanol–water partition coefficient (Wildman–Crippen LogP) is 4.53. The summed E-state index contributed by atoms with van der Waals surface area (Å²) >= 11 is 0. The van der Waals surface area contributed by atoms with Crippen LogP contribution in [-0.2, 0) is 12.8 Å². The number of carbonyl (C=O) groups excluding carboxylic acids is 1. The van der Waals surface area contributed by atoms with Crippen molar-refractivity contribution in [3.63, 3.8) is 0 Å². The summed E-state index contributed by atoms with van der Waals surface area (Å²) in [4.78, 5) is 24.4. The van der Waals surface area contributed by atoms with Crippen LogP contribution < -0.4 is 4.90 Å². The van der Waals surface area contributed by atoms with Crippen molar-refractivity contribution in [2.24, 2.45) is 0 Å². The zero-order valence-corrected chi connectivity index (χ0v) is 15.7. The van der Waals surface area contributed by atoms with Crippen molar-refractivity contribution >= 4 is 17.4 Å². The van der Waals surface area contributed by atoms with Crippen LogP contribution in [0.5, 0.6) is 0 Å². The first-order valence-electron chi connectivity index (χ1n) is 9.62. The SMILES string of the molecule is Cc1nc(N2CCc3ccccc32)nc2c1C(=O)CC(c1ccc(F)cc1)C2. The number of hydrogen-bond donors (Lipinski definition) is 0. The quantitative estimate of drug-likeness (QED) is 0.662. The minimum absolute atomic E-state index is 0.0219. The highest BCUT2D eigenvalue weighted by molar-refractivity contribution is 5.99. The highest BCUT2D eigenvalue weighted by Gasteiger charge is 2.31. The maximum atomic E-state index is 13.3. The van der Waals surface area contributed by atoms with Crippen molar-refractivity contribution in [1.29, 1.82) is 0 Å². The Bertz CT molecular complexity index is 1080. The fraction of sp³-hybridized carbons (Fsp3) is 0.261. The van der Waals surface area contributed by atoms with Crippen LogP contribution in [0.25, 0.3) is 0 Å². The molecule has 1 aliphatic carbocycles. The fourth-order valence-electron chi connectivity index (χ4n) is 4.40. The average molecular weight is 373 g/mol. The van der Waals surface area contributed by atoms with Gasteiger partial charge in [-0.05, 0) is 55.0 Å². The molecule has 2 aromatic carbocycles. The molecule has 4 nitrogen and oxygen atoms in total. The number of Topliss-reactive ketones (excluding diaryl/α,β-unsaturated/α-hetero) is 1. The van der Waals surface area contributed by atoms with E-state index >= 15 is 0 Å². The molecule has 0 saturated carbocycles. The van der Waals surface area contributed by atoms with Gasteiger partial charge >= 0.3 is 0 Å². The zero-order valence-electron chi connectivity index (χ0n) is 15.7. The Morgan fingerprint density at radius 3 is 2.64 bits per heavy atom. The Morgan fingerprint density at radius 2 is 1.82 bits per heavy atom. The lowest BCUT2D eigenvalue weighted by Gasteiger charge is -2.26. The minimum atomic E-state index is -0.264. The van der Waals surface area contributed by atoms with Gasteiger partial charge < -0.3 is 4.90 Å². The van der Waals surface area contributed by atoms with Gasteiger partial charge in [-0.2, -0.15) is 0 Å². The number of nitrogens with zero attached hydrogens (tertiary/aromatic N) is 3. The molecule has 0 N–H and O–H groups in total. The third kappa shape index (κ3) is 2.78. The molecule has 28 heavy (non-hydrogen) atoms. The Labute approximate surface area is 163 Å². The van der Waals surface area contributed by atoms with Crippen LogP contribution in [0.4, 0.5) is 16.0 Å². The fourth-order valence-corrected chi connectivity index (χ4v) is 4.40. The second-order valence-corrected chi connectivity index (χ2v) is 7.54. The lowest BCUT2D eigenvalue weighted by Crippen LogP contribution is -2.25. The van der Waals surface area contributed by atoms with E-state index in [0.717, 1.165) is 35.6 Å². The molecule has 1 aromatic heterocycles. The molecule has 1 aliphatic heterocycles. The molecule has 3 aromatic rings. The average Bonchev–Trinajstić information content (AvgIpc) is 3.12. The largest absolute Gasteiger partial charge is 0.310 e. The number of halogens is 1. The number of hydrogen-bond acceptors (Lipinski definition) is 4. The highest BCUT2D eigenvalue weighted by atomic mass is 19.1. The summed E-state index contributed by atoms with van der Waals surface area (Å²) in [6, 6.07) is 14.7. The Kier molecular flexibility index (Phi) is 3.97. The summed E-state index contributed by atoms with van der Waals surface area (Å²) in [5.41, 5.74) is 5.62. The summed E-state index contributed by atoms with van der Waals surface area (Å²) in [5.74, 6) is 0.489. The Balaban J connectivity index is 1.53. The molecule has 140 valence electrons. The standard InChI is InChI=1S/C23H20FN3O/c1-14-22-19(12-17(13-21(22)28)15-6-8-18(24)9-7-15)26-23(25-14)27-11-10-16-4-2-3-5-20(16)27/h2-9,17H,10-13H2,1H3. The molecule has 0 saturated heterocycles. The molecule has 5 heteroatoms. The first kappa shape index (κ1) is 17.0. The molecular formula is C23H20FN3O. The number of para-hydroxylation sites is 1. The Morgan fingerprint density at radius 1 is 1.04 bits per heavy atom. The number of anilines is 2. The third-order valence-corrected chi connectivity index (χ3v) is 5.77. The van der Waals surface area contributed by atoms with Gasteiger partial charge in [-0.25, -0.2) is 14.4 Å². The normalized spacial score (nSPS) is 18.1. The van der Waals surface area contributed by atoms with Gasteiger partial charge in [0.2, 0.25) is 5.95 Å². The van der Waals surface area contributed by atoms with E-state index in [1.807, 2.05) is 19.1 Å². The maximum Gasteiger partial charge on any atom is 0.230 e. The number of aryl methyl sites for hydroxylation is 1. The van der Waals surface area contributed by atoms with Crippen LogP contribution in [0.3, 0.4) is 0 Å². The molecule has 1 unspecified atom stereocenters. The van der Waals surface area contributed by atoms with E-state index in [-0.39, 0.29) is 17.5 Å². The summed E-state index contributed by atoms with van der Waals surface area (Å²) in [7, 11) is 0. The monoisotopic (exact) mass is 373 g/mol. The van der Waals surface area contributed by atoms with Gasteiger partial charge in [0.15, 0.2) is 5.78 Å². The van der Waals surface area contributed by atoms with Crippen LogP contribution >= 0.6 is 0 Å². The van der Waals surface area contributed by atoms with Gasteiger partial charge in [0.25, 0.3) is 0 Å². The van der Waals surface area contributed by atoms with Crippen LogP contribution in [0, 0.1) is 12.7 Å². The van der Waals surface area contributed by atoms with Gasteiger partial charge in [-0.1, -0.05) is 30.3 Å². The van der Waals surface area contributed by atoms with Crippen molar-refractivity contribution in [2.75, 3.05) is 11.4 Å². The number of benzene rings is 2. The van der Waals surface area contributed by atoms with Crippen LogP contribution in [0.1, 0.15) is 45.2 Å². The van der Waals surface area contributed by atoms with Gasteiger partial charge in [0.05, 0.1) is 17.0 Å². The van der Waals surface area contributed by atoms with Crippen molar-refractivity contribution in [1.82, 2.24) is 9.97 Å². The number of carbonyl (C=O) groups is 1. The van der Waals surface area contributed by atoms with Crippen LogP contribution in [0.15, 0.2) is 48.5 Å². The summed E-state index contributed by atoms with van der Waals surface area (Å²) in [6.45, 7) is 2.73. The smallest absolute Gasteiger partial charge is 0.230 e. The van der Waals surface area contributed by atoms with E-state index in [1.54, 1.807) is 12.1 Å². The highest BCUT2D eigenvalue weighted by Crippen LogP contribution is 2.36. The van der Waals surface area contributed by atoms with E-state index < -0.39 is 0 Å². The number of rotatable bonds is 2. The van der Waals surface area contributed by atoms with E-state index in [0.29, 0.717) is 24.4 Å². The van der Waals surface area contributed by atoms with Crippen molar-refractivity contribution in [3.8, 4) is 0 Å². The van der Waals surface area contributed by atoms with E-state index in [1.165, 1.54) is 17.7 Å².